The highest BCUT2D eigenvalue weighted by Crippen LogP contribution is 2.17. The molecule has 0 aliphatic heterocycles. The molecule has 0 saturated heterocycles. The molecule has 1 amide bonds. The quantitative estimate of drug-likeness (QED) is 0.452. The van der Waals surface area contributed by atoms with Crippen LogP contribution >= 0.6 is 0 Å². The van der Waals surface area contributed by atoms with Crippen LogP contribution in [0.3, 0.4) is 0 Å². The third kappa shape index (κ3) is 6.48. The van der Waals surface area contributed by atoms with Crippen LogP contribution in [0, 0.1) is 0 Å². The van der Waals surface area contributed by atoms with Crippen LogP contribution in [-0.2, 0) is 4.79 Å². The second-order valence-corrected chi connectivity index (χ2v) is 6.17. The number of likely N-dealkylation sites (N-methyl/N-ethyl adjacent to an activating group) is 1. The van der Waals surface area contributed by atoms with Crippen molar-refractivity contribution >= 4 is 11.9 Å². The average molecular weight is 332 g/mol. The van der Waals surface area contributed by atoms with E-state index in [2.05, 4.69) is 15.6 Å². The molecular formula is C18H28N4O2. The summed E-state index contributed by atoms with van der Waals surface area (Å²) in [6, 6.07) is 10.2. The first kappa shape index (κ1) is 18.1. The van der Waals surface area contributed by atoms with Crippen LogP contribution in [-0.4, -0.2) is 56.6 Å². The van der Waals surface area contributed by atoms with Gasteiger partial charge < -0.3 is 20.3 Å². The van der Waals surface area contributed by atoms with Gasteiger partial charge in [-0.05, 0) is 25.0 Å². The van der Waals surface area contributed by atoms with Gasteiger partial charge in [0.25, 0.3) is 0 Å². The predicted octanol–water partition coefficient (Wildman–Crippen LogP) is 1.63. The van der Waals surface area contributed by atoms with Gasteiger partial charge in [-0.15, -0.1) is 0 Å². The summed E-state index contributed by atoms with van der Waals surface area (Å²) in [4.78, 5) is 17.7. The van der Waals surface area contributed by atoms with Crippen molar-refractivity contribution in [3.05, 3.63) is 30.3 Å². The van der Waals surface area contributed by atoms with E-state index < -0.39 is 0 Å². The number of hydrogen-bond acceptors (Lipinski definition) is 3. The Kier molecular flexibility index (Phi) is 7.39. The van der Waals surface area contributed by atoms with Crippen LogP contribution in [0.5, 0.6) is 5.75 Å². The number of hydrogen-bond donors (Lipinski definition) is 2. The van der Waals surface area contributed by atoms with E-state index >= 15 is 0 Å². The molecule has 1 aliphatic rings. The van der Waals surface area contributed by atoms with Gasteiger partial charge in [-0.25, -0.2) is 4.99 Å². The number of carbonyl (C=O) groups excluding carboxylic acids is 1. The maximum atomic E-state index is 11.7. The number of aliphatic imine (C=N–C) groups is 1. The average Bonchev–Trinajstić information content (AvgIpc) is 3.09. The predicted molar refractivity (Wildman–Crippen MR) is 96.3 cm³/mol. The molecule has 0 unspecified atom stereocenters. The normalized spacial score (nSPS) is 15.2. The van der Waals surface area contributed by atoms with Crippen molar-refractivity contribution in [1.82, 2.24) is 15.5 Å². The minimum Gasteiger partial charge on any atom is -0.492 e. The molecule has 6 heteroatoms. The van der Waals surface area contributed by atoms with Crippen molar-refractivity contribution in [3.63, 3.8) is 0 Å². The van der Waals surface area contributed by atoms with Crippen LogP contribution in [0.2, 0.25) is 0 Å². The van der Waals surface area contributed by atoms with Crippen LogP contribution in [0.1, 0.15) is 25.7 Å². The lowest BCUT2D eigenvalue weighted by Gasteiger charge is -2.18. The molecule has 1 aromatic rings. The summed E-state index contributed by atoms with van der Waals surface area (Å²) in [5.74, 6) is 1.53. The van der Waals surface area contributed by atoms with E-state index in [0.29, 0.717) is 25.2 Å². The molecule has 0 bridgehead atoms. The number of ether oxygens (including phenoxy) is 1. The van der Waals surface area contributed by atoms with Crippen molar-refractivity contribution in [1.29, 1.82) is 0 Å². The summed E-state index contributed by atoms with van der Waals surface area (Å²) in [7, 11) is 3.48. The fraction of sp³-hybridized carbons (Fsp3) is 0.556. The zero-order valence-electron chi connectivity index (χ0n) is 14.6. The lowest BCUT2D eigenvalue weighted by molar-refractivity contribution is -0.127. The number of para-hydroxylation sites is 1. The lowest BCUT2D eigenvalue weighted by Crippen LogP contribution is -2.44. The highest BCUT2D eigenvalue weighted by molar-refractivity contribution is 5.84. The molecule has 1 fully saturated rings. The number of carbonyl (C=O) groups is 1. The van der Waals surface area contributed by atoms with E-state index in [4.69, 9.17) is 4.74 Å². The second-order valence-electron chi connectivity index (χ2n) is 6.17. The SMILES string of the molecule is CN(C)C(=O)CN=C(NCCOc1ccccc1)NC1CCCC1. The zero-order valence-corrected chi connectivity index (χ0v) is 14.6. The number of amides is 1. The molecule has 0 atom stereocenters. The third-order valence-electron chi connectivity index (χ3n) is 3.97. The number of rotatable bonds is 7. The van der Waals surface area contributed by atoms with E-state index in [1.807, 2.05) is 30.3 Å². The Bertz CT molecular complexity index is 525. The molecule has 2 rings (SSSR count). The summed E-state index contributed by atoms with van der Waals surface area (Å²) in [6.45, 7) is 1.31. The Morgan fingerprint density at radius 2 is 1.96 bits per heavy atom. The molecule has 0 heterocycles. The number of nitrogens with zero attached hydrogens (tertiary/aromatic N) is 2. The highest BCUT2D eigenvalue weighted by atomic mass is 16.5. The van der Waals surface area contributed by atoms with Gasteiger partial charge in [-0.2, -0.15) is 0 Å². The van der Waals surface area contributed by atoms with Gasteiger partial charge in [0.05, 0.1) is 6.54 Å². The smallest absolute Gasteiger partial charge is 0.243 e. The fourth-order valence-electron chi connectivity index (χ4n) is 2.56. The lowest BCUT2D eigenvalue weighted by atomic mass is 10.2. The first-order chi connectivity index (χ1) is 11.6. The van der Waals surface area contributed by atoms with Crippen LogP contribution in [0.25, 0.3) is 0 Å². The molecule has 0 radical (unpaired) electrons. The van der Waals surface area contributed by atoms with E-state index in [1.54, 1.807) is 19.0 Å². The number of guanidine groups is 1. The van der Waals surface area contributed by atoms with Gasteiger partial charge in [0.1, 0.15) is 18.9 Å². The van der Waals surface area contributed by atoms with Crippen LogP contribution in [0.15, 0.2) is 35.3 Å². The topological polar surface area (TPSA) is 66.0 Å². The molecule has 1 aliphatic carbocycles. The first-order valence-corrected chi connectivity index (χ1v) is 8.58. The summed E-state index contributed by atoms with van der Waals surface area (Å²) in [6.07, 6.45) is 4.81. The van der Waals surface area contributed by atoms with E-state index in [1.165, 1.54) is 12.8 Å². The second kappa shape index (κ2) is 9.80. The largest absolute Gasteiger partial charge is 0.492 e. The van der Waals surface area contributed by atoms with Gasteiger partial charge in [0.2, 0.25) is 5.91 Å². The summed E-state index contributed by atoms with van der Waals surface area (Å²) >= 11 is 0. The molecule has 6 nitrogen and oxygen atoms in total. The molecular weight excluding hydrogens is 304 g/mol. The Balaban J connectivity index is 1.80. The van der Waals surface area contributed by atoms with Crippen molar-refractivity contribution < 1.29 is 9.53 Å². The van der Waals surface area contributed by atoms with E-state index in [-0.39, 0.29) is 12.5 Å². The summed E-state index contributed by atoms with van der Waals surface area (Å²) in [5.41, 5.74) is 0. The molecule has 1 saturated carbocycles. The van der Waals surface area contributed by atoms with Crippen LogP contribution < -0.4 is 15.4 Å². The monoisotopic (exact) mass is 332 g/mol. The number of nitrogens with one attached hydrogen (secondary N) is 2. The minimum absolute atomic E-state index is 0.0111. The summed E-state index contributed by atoms with van der Waals surface area (Å²) in [5, 5.41) is 6.68. The van der Waals surface area contributed by atoms with Crippen molar-refractivity contribution in [3.8, 4) is 5.75 Å². The first-order valence-electron chi connectivity index (χ1n) is 8.58. The molecule has 132 valence electrons. The van der Waals surface area contributed by atoms with Gasteiger partial charge in [0, 0.05) is 20.1 Å². The Hall–Kier alpha value is -2.24. The molecule has 2 N–H and O–H groups in total. The Labute approximate surface area is 144 Å². The van der Waals surface area contributed by atoms with Gasteiger partial charge in [0.15, 0.2) is 5.96 Å². The van der Waals surface area contributed by atoms with E-state index in [9.17, 15) is 4.79 Å². The maximum absolute atomic E-state index is 11.7. The maximum Gasteiger partial charge on any atom is 0.243 e. The minimum atomic E-state index is -0.0111. The third-order valence-corrected chi connectivity index (χ3v) is 3.97. The van der Waals surface area contributed by atoms with Crippen molar-refractivity contribution in [2.24, 2.45) is 4.99 Å². The van der Waals surface area contributed by atoms with Crippen molar-refractivity contribution in [2.45, 2.75) is 31.7 Å². The zero-order chi connectivity index (χ0) is 17.2. The summed E-state index contributed by atoms with van der Waals surface area (Å²) < 4.78 is 5.67. The van der Waals surface area contributed by atoms with Gasteiger partial charge >= 0.3 is 0 Å². The Morgan fingerprint density at radius 1 is 1.25 bits per heavy atom. The van der Waals surface area contributed by atoms with Crippen molar-refractivity contribution in [2.75, 3.05) is 33.8 Å². The highest BCUT2D eigenvalue weighted by Gasteiger charge is 2.16. The Morgan fingerprint density at radius 3 is 2.62 bits per heavy atom. The van der Waals surface area contributed by atoms with Gasteiger partial charge in [-0.3, -0.25) is 4.79 Å². The molecule has 0 aromatic heterocycles. The number of benzene rings is 1. The van der Waals surface area contributed by atoms with E-state index in [0.717, 1.165) is 18.6 Å². The molecule has 1 aromatic carbocycles. The van der Waals surface area contributed by atoms with Crippen LogP contribution in [0.4, 0.5) is 0 Å². The standard InChI is InChI=1S/C18H28N4O2/c1-22(2)17(23)14-20-18(21-15-8-6-7-9-15)19-12-13-24-16-10-4-3-5-11-16/h3-5,10-11,15H,6-9,12-14H2,1-2H3,(H2,19,20,21). The molecule has 0 spiro atoms. The molecule has 24 heavy (non-hydrogen) atoms. The fourth-order valence-corrected chi connectivity index (χ4v) is 2.56. The van der Waals surface area contributed by atoms with Gasteiger partial charge in [-0.1, -0.05) is 31.0 Å².